The summed E-state index contributed by atoms with van der Waals surface area (Å²) in [6.45, 7) is 5.63. The minimum absolute atomic E-state index is 0.188. The zero-order chi connectivity index (χ0) is 15.5. The van der Waals surface area contributed by atoms with Gasteiger partial charge in [0.25, 0.3) is 5.91 Å². The number of rotatable bonds is 5. The van der Waals surface area contributed by atoms with Gasteiger partial charge in [0.15, 0.2) is 0 Å². The van der Waals surface area contributed by atoms with Gasteiger partial charge in [0, 0.05) is 19.3 Å². The first kappa shape index (κ1) is 14.3. The lowest BCUT2D eigenvalue weighted by molar-refractivity contribution is 0.102. The quantitative estimate of drug-likeness (QED) is 0.787. The second-order valence-corrected chi connectivity index (χ2v) is 5.11. The molecule has 22 heavy (non-hydrogen) atoms. The van der Waals surface area contributed by atoms with Crippen molar-refractivity contribution in [1.29, 1.82) is 0 Å². The Bertz CT molecular complexity index is 802. The van der Waals surface area contributed by atoms with Crippen LogP contribution in [0.25, 0.3) is 11.0 Å². The fourth-order valence-electron chi connectivity index (χ4n) is 2.45. The number of aromatic nitrogens is 4. The highest BCUT2D eigenvalue weighted by Crippen LogP contribution is 2.20. The van der Waals surface area contributed by atoms with Crippen molar-refractivity contribution < 1.29 is 4.79 Å². The molecule has 0 aliphatic rings. The monoisotopic (exact) mass is 297 g/mol. The Balaban J connectivity index is 1.92. The maximum Gasteiger partial charge on any atom is 0.261 e. The van der Waals surface area contributed by atoms with Crippen molar-refractivity contribution in [3.63, 3.8) is 0 Å². The van der Waals surface area contributed by atoms with Crippen molar-refractivity contribution in [3.05, 3.63) is 42.2 Å². The number of hydrogen-bond donors (Lipinski definition) is 1. The number of nitrogens with zero attached hydrogens (tertiary/aromatic N) is 4. The number of fused-ring (bicyclic) bond motifs is 1. The molecule has 6 nitrogen and oxygen atoms in total. The van der Waals surface area contributed by atoms with Gasteiger partial charge >= 0.3 is 0 Å². The molecule has 1 amide bonds. The van der Waals surface area contributed by atoms with Crippen molar-refractivity contribution in [3.8, 4) is 0 Å². The zero-order valence-corrected chi connectivity index (χ0v) is 12.8. The Morgan fingerprint density at radius 3 is 2.82 bits per heavy atom. The summed E-state index contributed by atoms with van der Waals surface area (Å²) < 4.78 is 3.77. The number of amides is 1. The van der Waals surface area contributed by atoms with Crippen molar-refractivity contribution in [2.75, 3.05) is 5.32 Å². The average Bonchev–Trinajstić information content (AvgIpc) is 3.13. The van der Waals surface area contributed by atoms with Crippen LogP contribution in [-0.4, -0.2) is 25.2 Å². The van der Waals surface area contributed by atoms with Gasteiger partial charge in [-0.05, 0) is 25.5 Å². The number of hydrogen-bond acceptors (Lipinski definition) is 3. The normalized spacial score (nSPS) is 11.0. The van der Waals surface area contributed by atoms with E-state index in [1.807, 2.05) is 35.8 Å². The third-order valence-electron chi connectivity index (χ3n) is 3.55. The highest BCUT2D eigenvalue weighted by atomic mass is 16.1. The number of carbonyl (C=O) groups is 1. The molecule has 6 heteroatoms. The molecule has 114 valence electrons. The van der Waals surface area contributed by atoms with Gasteiger partial charge in [0.1, 0.15) is 0 Å². The molecule has 2 heterocycles. The molecule has 2 aromatic heterocycles. The van der Waals surface area contributed by atoms with Crippen LogP contribution in [-0.2, 0) is 13.1 Å². The summed E-state index contributed by atoms with van der Waals surface area (Å²) in [6, 6.07) is 7.89. The van der Waals surface area contributed by atoms with E-state index in [1.165, 1.54) is 0 Å². The van der Waals surface area contributed by atoms with Crippen LogP contribution < -0.4 is 5.32 Å². The molecule has 0 saturated carbocycles. The number of carbonyl (C=O) groups excluding carboxylic acids is 1. The predicted octanol–water partition coefficient (Wildman–Crippen LogP) is 2.92. The molecule has 0 radical (unpaired) electrons. The van der Waals surface area contributed by atoms with Crippen LogP contribution in [0.4, 0.5) is 5.95 Å². The molecule has 0 fully saturated rings. The zero-order valence-electron chi connectivity index (χ0n) is 12.8. The summed E-state index contributed by atoms with van der Waals surface area (Å²) in [5.74, 6) is 0.393. The van der Waals surface area contributed by atoms with E-state index in [1.54, 1.807) is 17.1 Å². The standard InChI is InChI=1S/C16H19N5O/c1-3-9-21-14-8-6-5-7-13(14)18-16(21)19-15(22)12-10-17-20(4-2)11-12/h5-8,10-11H,3-4,9H2,1-2H3,(H,18,19,22). The Hall–Kier alpha value is -2.63. The van der Waals surface area contributed by atoms with Crippen LogP contribution in [0, 0.1) is 0 Å². The maximum atomic E-state index is 12.4. The average molecular weight is 297 g/mol. The van der Waals surface area contributed by atoms with Gasteiger partial charge in [-0.3, -0.25) is 14.8 Å². The lowest BCUT2D eigenvalue weighted by Crippen LogP contribution is -2.15. The van der Waals surface area contributed by atoms with Crippen LogP contribution in [0.1, 0.15) is 30.6 Å². The molecular formula is C16H19N5O. The van der Waals surface area contributed by atoms with Crippen molar-refractivity contribution in [2.45, 2.75) is 33.4 Å². The van der Waals surface area contributed by atoms with Crippen LogP contribution in [0.2, 0.25) is 0 Å². The highest BCUT2D eigenvalue weighted by molar-refractivity contribution is 6.03. The molecule has 0 saturated heterocycles. The van der Waals surface area contributed by atoms with E-state index in [0.717, 1.165) is 30.5 Å². The highest BCUT2D eigenvalue weighted by Gasteiger charge is 2.14. The van der Waals surface area contributed by atoms with E-state index >= 15 is 0 Å². The van der Waals surface area contributed by atoms with Gasteiger partial charge in [-0.25, -0.2) is 4.98 Å². The van der Waals surface area contributed by atoms with Crippen LogP contribution >= 0.6 is 0 Å². The summed E-state index contributed by atoms with van der Waals surface area (Å²) in [6.07, 6.45) is 4.28. The molecule has 0 bridgehead atoms. The summed E-state index contributed by atoms with van der Waals surface area (Å²) in [5.41, 5.74) is 2.45. The Labute approximate surface area is 128 Å². The molecule has 0 spiro atoms. The van der Waals surface area contributed by atoms with E-state index in [2.05, 4.69) is 22.3 Å². The van der Waals surface area contributed by atoms with E-state index in [-0.39, 0.29) is 5.91 Å². The Morgan fingerprint density at radius 1 is 1.27 bits per heavy atom. The van der Waals surface area contributed by atoms with Crippen LogP contribution in [0.15, 0.2) is 36.7 Å². The van der Waals surface area contributed by atoms with E-state index in [4.69, 9.17) is 0 Å². The second kappa shape index (κ2) is 6.01. The minimum Gasteiger partial charge on any atom is -0.310 e. The fraction of sp³-hybridized carbons (Fsp3) is 0.312. The molecule has 1 N–H and O–H groups in total. The maximum absolute atomic E-state index is 12.4. The first-order valence-electron chi connectivity index (χ1n) is 7.52. The summed E-state index contributed by atoms with van der Waals surface area (Å²) >= 11 is 0. The van der Waals surface area contributed by atoms with Crippen LogP contribution in [0.3, 0.4) is 0 Å². The largest absolute Gasteiger partial charge is 0.310 e. The molecule has 3 aromatic rings. The third kappa shape index (κ3) is 2.59. The SMILES string of the molecule is CCCn1c(NC(=O)c2cnn(CC)c2)nc2ccccc21. The number of imidazole rings is 1. The number of benzene rings is 1. The van der Waals surface area contributed by atoms with Crippen molar-refractivity contribution in [1.82, 2.24) is 19.3 Å². The summed E-state index contributed by atoms with van der Waals surface area (Å²) in [4.78, 5) is 16.9. The predicted molar refractivity (Wildman–Crippen MR) is 85.9 cm³/mol. The lowest BCUT2D eigenvalue weighted by Gasteiger charge is -2.08. The number of aryl methyl sites for hydroxylation is 2. The van der Waals surface area contributed by atoms with Crippen LogP contribution in [0.5, 0.6) is 0 Å². The van der Waals surface area contributed by atoms with E-state index in [9.17, 15) is 4.79 Å². The topological polar surface area (TPSA) is 64.7 Å². The van der Waals surface area contributed by atoms with Gasteiger partial charge in [-0.1, -0.05) is 19.1 Å². The molecule has 0 aliphatic carbocycles. The molecule has 1 aromatic carbocycles. The van der Waals surface area contributed by atoms with E-state index in [0.29, 0.717) is 11.5 Å². The Kier molecular flexibility index (Phi) is 3.91. The van der Waals surface area contributed by atoms with Gasteiger partial charge in [0.2, 0.25) is 5.95 Å². The molecule has 0 unspecified atom stereocenters. The van der Waals surface area contributed by atoms with E-state index < -0.39 is 0 Å². The van der Waals surface area contributed by atoms with Crippen molar-refractivity contribution in [2.24, 2.45) is 0 Å². The Morgan fingerprint density at radius 2 is 2.09 bits per heavy atom. The lowest BCUT2D eigenvalue weighted by atomic mass is 10.3. The molecule has 3 rings (SSSR count). The van der Waals surface area contributed by atoms with Gasteiger partial charge in [-0.15, -0.1) is 0 Å². The molecular weight excluding hydrogens is 278 g/mol. The molecule has 0 atom stereocenters. The minimum atomic E-state index is -0.188. The van der Waals surface area contributed by atoms with Gasteiger partial charge < -0.3 is 4.57 Å². The first-order chi connectivity index (χ1) is 10.7. The van der Waals surface area contributed by atoms with Crippen molar-refractivity contribution >= 4 is 22.9 Å². The number of para-hydroxylation sites is 2. The number of nitrogens with one attached hydrogen (secondary N) is 1. The fourth-order valence-corrected chi connectivity index (χ4v) is 2.45. The summed E-state index contributed by atoms with van der Waals surface area (Å²) in [5, 5.41) is 7.03. The smallest absolute Gasteiger partial charge is 0.261 e. The summed E-state index contributed by atoms with van der Waals surface area (Å²) in [7, 11) is 0. The first-order valence-corrected chi connectivity index (χ1v) is 7.52. The third-order valence-corrected chi connectivity index (χ3v) is 3.55. The number of anilines is 1. The van der Waals surface area contributed by atoms with Gasteiger partial charge in [0.05, 0.1) is 22.8 Å². The van der Waals surface area contributed by atoms with Gasteiger partial charge in [-0.2, -0.15) is 5.10 Å². The second-order valence-electron chi connectivity index (χ2n) is 5.11. The molecule has 0 aliphatic heterocycles.